The van der Waals surface area contributed by atoms with E-state index in [2.05, 4.69) is 36.2 Å². The van der Waals surface area contributed by atoms with Crippen LogP contribution in [0.5, 0.6) is 0 Å². The third kappa shape index (κ3) is 2.70. The van der Waals surface area contributed by atoms with Crippen molar-refractivity contribution in [3.8, 4) is 0 Å². The first-order valence-corrected chi connectivity index (χ1v) is 7.20. The van der Waals surface area contributed by atoms with Gasteiger partial charge in [0.2, 0.25) is 0 Å². The van der Waals surface area contributed by atoms with Crippen molar-refractivity contribution < 1.29 is 9.90 Å². The van der Waals surface area contributed by atoms with Crippen molar-refractivity contribution in [3.63, 3.8) is 0 Å². The zero-order valence-corrected chi connectivity index (χ0v) is 12.5. The van der Waals surface area contributed by atoms with E-state index in [0.29, 0.717) is 5.82 Å². The number of carboxylic acid groups (broad SMARTS) is 1. The average Bonchev–Trinajstić information content (AvgIpc) is 3.11. The Labute approximate surface area is 123 Å². The maximum atomic E-state index is 11.4. The van der Waals surface area contributed by atoms with Gasteiger partial charge in [-0.15, -0.1) is 0 Å². The number of anilines is 1. The molecule has 1 atom stereocenters. The second-order valence-electron chi connectivity index (χ2n) is 6.68. The Kier molecular flexibility index (Phi) is 3.11. The molecule has 1 unspecified atom stereocenters. The smallest absolute Gasteiger partial charge is 0.326 e. The van der Waals surface area contributed by atoms with Crippen molar-refractivity contribution in [2.24, 2.45) is 5.92 Å². The van der Waals surface area contributed by atoms with Gasteiger partial charge in [-0.3, -0.25) is 0 Å². The number of hydrogen-bond acceptors (Lipinski definition) is 4. The van der Waals surface area contributed by atoms with Crippen LogP contribution < -0.4 is 5.32 Å². The number of rotatable bonds is 4. The summed E-state index contributed by atoms with van der Waals surface area (Å²) in [6.45, 7) is 6.29. The quantitative estimate of drug-likeness (QED) is 0.902. The summed E-state index contributed by atoms with van der Waals surface area (Å²) in [7, 11) is 0. The highest BCUT2D eigenvalue weighted by atomic mass is 16.4. The predicted octanol–water partition coefficient (Wildman–Crippen LogP) is 2.30. The molecule has 2 aromatic heterocycles. The molecule has 6 nitrogen and oxygen atoms in total. The van der Waals surface area contributed by atoms with Crippen molar-refractivity contribution in [3.05, 3.63) is 24.2 Å². The normalized spacial score (nSPS) is 16.9. The monoisotopic (exact) mass is 288 g/mol. The molecule has 6 heteroatoms. The van der Waals surface area contributed by atoms with Gasteiger partial charge in [0, 0.05) is 17.8 Å². The maximum Gasteiger partial charge on any atom is 0.326 e. The Hall–Kier alpha value is -2.11. The Morgan fingerprint density at radius 2 is 2.19 bits per heavy atom. The molecule has 0 aromatic carbocycles. The van der Waals surface area contributed by atoms with Crippen LogP contribution in [0.25, 0.3) is 5.52 Å². The molecule has 3 rings (SSSR count). The van der Waals surface area contributed by atoms with Crippen LogP contribution >= 0.6 is 0 Å². The molecule has 0 saturated heterocycles. The predicted molar refractivity (Wildman–Crippen MR) is 79.5 cm³/mol. The van der Waals surface area contributed by atoms with Crippen LogP contribution in [-0.2, 0) is 10.2 Å². The lowest BCUT2D eigenvalue weighted by atomic mass is 9.92. The molecular weight excluding hydrogens is 268 g/mol. The summed E-state index contributed by atoms with van der Waals surface area (Å²) in [6.07, 6.45) is 5.34. The summed E-state index contributed by atoms with van der Waals surface area (Å²) in [5.74, 6) is -0.0359. The Bertz CT molecular complexity index is 683. The van der Waals surface area contributed by atoms with E-state index in [4.69, 9.17) is 0 Å². The maximum absolute atomic E-state index is 11.4. The first kappa shape index (κ1) is 13.9. The van der Waals surface area contributed by atoms with Crippen LogP contribution in [0.2, 0.25) is 0 Å². The van der Waals surface area contributed by atoms with Gasteiger partial charge in [0.25, 0.3) is 0 Å². The number of nitrogens with zero attached hydrogens (tertiary/aromatic N) is 3. The molecule has 1 saturated carbocycles. The molecule has 112 valence electrons. The molecule has 2 N–H and O–H groups in total. The van der Waals surface area contributed by atoms with Gasteiger partial charge < -0.3 is 10.4 Å². The molecule has 21 heavy (non-hydrogen) atoms. The molecule has 0 amide bonds. The second-order valence-corrected chi connectivity index (χ2v) is 6.68. The molecule has 0 radical (unpaired) electrons. The minimum atomic E-state index is -0.822. The molecular formula is C15H20N4O2. The summed E-state index contributed by atoms with van der Waals surface area (Å²) in [6, 6.07) is 1.40. The van der Waals surface area contributed by atoms with Gasteiger partial charge in [-0.05, 0) is 24.8 Å². The summed E-state index contributed by atoms with van der Waals surface area (Å²) < 4.78 is 1.75. The zero-order valence-electron chi connectivity index (χ0n) is 12.5. The van der Waals surface area contributed by atoms with Gasteiger partial charge in [0.1, 0.15) is 11.6 Å². The number of carboxylic acids is 1. The minimum absolute atomic E-state index is 0.0635. The molecule has 2 heterocycles. The first-order chi connectivity index (χ1) is 9.86. The number of aromatic nitrogens is 3. The van der Waals surface area contributed by atoms with Crippen molar-refractivity contribution in [2.45, 2.75) is 45.1 Å². The van der Waals surface area contributed by atoms with Crippen molar-refractivity contribution in [2.75, 3.05) is 5.32 Å². The fourth-order valence-corrected chi connectivity index (χ4v) is 2.36. The number of fused-ring (bicyclic) bond motifs is 1. The standard InChI is InChI=1S/C15H20N4O2/c1-15(2,3)11-8-10-13(16-6-7-19(10)18-11)17-12(14(20)21)9-4-5-9/h6-9,12H,4-5H2,1-3H3,(H,16,17)(H,20,21). The number of hydrogen-bond donors (Lipinski definition) is 2. The summed E-state index contributed by atoms with van der Waals surface area (Å²) in [5.41, 5.74) is 1.71. The molecule has 0 aliphatic heterocycles. The summed E-state index contributed by atoms with van der Waals surface area (Å²) in [5, 5.41) is 17.0. The SMILES string of the molecule is CC(C)(C)c1cc2c(NC(C(=O)O)C3CC3)nccn2n1. The van der Waals surface area contributed by atoms with Crippen LogP contribution in [0.1, 0.15) is 39.3 Å². The van der Waals surface area contributed by atoms with E-state index in [-0.39, 0.29) is 11.3 Å². The number of carbonyl (C=O) groups is 1. The largest absolute Gasteiger partial charge is 0.480 e. The second kappa shape index (κ2) is 4.72. The Morgan fingerprint density at radius 3 is 2.76 bits per heavy atom. The molecule has 1 fully saturated rings. The van der Waals surface area contributed by atoms with E-state index in [9.17, 15) is 9.90 Å². The van der Waals surface area contributed by atoms with Gasteiger partial charge in [0.15, 0.2) is 5.82 Å². The van der Waals surface area contributed by atoms with Crippen molar-refractivity contribution >= 4 is 17.3 Å². The molecule has 0 bridgehead atoms. The molecule has 1 aliphatic rings. The van der Waals surface area contributed by atoms with Gasteiger partial charge in [-0.25, -0.2) is 14.3 Å². The fraction of sp³-hybridized carbons (Fsp3) is 0.533. The topological polar surface area (TPSA) is 79.5 Å². The van der Waals surface area contributed by atoms with E-state index in [1.165, 1.54) is 0 Å². The summed E-state index contributed by atoms with van der Waals surface area (Å²) in [4.78, 5) is 15.7. The van der Waals surface area contributed by atoms with Gasteiger partial charge in [-0.1, -0.05) is 20.8 Å². The van der Waals surface area contributed by atoms with E-state index < -0.39 is 12.0 Å². The van der Waals surface area contributed by atoms with Crippen LogP contribution in [0, 0.1) is 5.92 Å². The highest BCUT2D eigenvalue weighted by molar-refractivity contribution is 5.80. The average molecular weight is 288 g/mol. The third-order valence-electron chi connectivity index (χ3n) is 3.81. The fourth-order valence-electron chi connectivity index (χ4n) is 2.36. The van der Waals surface area contributed by atoms with Crippen LogP contribution in [0.4, 0.5) is 5.82 Å². The molecule has 2 aromatic rings. The lowest BCUT2D eigenvalue weighted by Crippen LogP contribution is -2.31. The Morgan fingerprint density at radius 1 is 1.48 bits per heavy atom. The minimum Gasteiger partial charge on any atom is -0.480 e. The van der Waals surface area contributed by atoms with Gasteiger partial charge in [0.05, 0.1) is 5.69 Å². The number of aliphatic carboxylic acids is 1. The van der Waals surface area contributed by atoms with Crippen LogP contribution in [0.15, 0.2) is 18.5 Å². The Balaban J connectivity index is 1.98. The lowest BCUT2D eigenvalue weighted by Gasteiger charge is -2.14. The molecule has 1 aliphatic carbocycles. The lowest BCUT2D eigenvalue weighted by molar-refractivity contribution is -0.138. The van der Waals surface area contributed by atoms with Crippen molar-refractivity contribution in [1.82, 2.24) is 14.6 Å². The third-order valence-corrected chi connectivity index (χ3v) is 3.81. The number of nitrogens with one attached hydrogen (secondary N) is 1. The van der Waals surface area contributed by atoms with Gasteiger partial charge in [-0.2, -0.15) is 5.10 Å². The highest BCUT2D eigenvalue weighted by Gasteiger charge is 2.36. The molecule has 0 spiro atoms. The van der Waals surface area contributed by atoms with E-state index in [1.807, 2.05) is 6.07 Å². The first-order valence-electron chi connectivity index (χ1n) is 7.20. The van der Waals surface area contributed by atoms with E-state index in [0.717, 1.165) is 24.1 Å². The zero-order chi connectivity index (χ0) is 15.2. The van der Waals surface area contributed by atoms with E-state index >= 15 is 0 Å². The van der Waals surface area contributed by atoms with Crippen LogP contribution in [0.3, 0.4) is 0 Å². The van der Waals surface area contributed by atoms with E-state index in [1.54, 1.807) is 16.9 Å². The van der Waals surface area contributed by atoms with Crippen molar-refractivity contribution in [1.29, 1.82) is 0 Å². The summed E-state index contributed by atoms with van der Waals surface area (Å²) >= 11 is 0. The van der Waals surface area contributed by atoms with Gasteiger partial charge >= 0.3 is 5.97 Å². The van der Waals surface area contributed by atoms with Crippen LogP contribution in [-0.4, -0.2) is 31.7 Å². The highest BCUT2D eigenvalue weighted by Crippen LogP contribution is 2.35.